The van der Waals surface area contributed by atoms with Crippen molar-refractivity contribution in [2.24, 2.45) is 0 Å². The first-order valence-electron chi connectivity index (χ1n) is 8.50. The average Bonchev–Trinajstić information content (AvgIpc) is 3.19. The van der Waals surface area contributed by atoms with Crippen LogP contribution in [0.15, 0.2) is 24.3 Å². The number of carboxylic acids is 1. The molecular weight excluding hydrogens is 280 g/mol. The number of hydrogen-bond donors (Lipinski definition) is 2. The number of ether oxygens (including phenoxy) is 1. The van der Waals surface area contributed by atoms with Crippen LogP contribution < -0.4 is 0 Å². The van der Waals surface area contributed by atoms with Crippen LogP contribution in [0.3, 0.4) is 0 Å². The van der Waals surface area contributed by atoms with Crippen LogP contribution in [-0.4, -0.2) is 34.5 Å². The van der Waals surface area contributed by atoms with E-state index in [1.54, 1.807) is 0 Å². The normalized spacial score (nSPS) is 22.5. The summed E-state index contributed by atoms with van der Waals surface area (Å²) in [6, 6.07) is 0. The molecule has 1 saturated heterocycles. The second kappa shape index (κ2) is 11.4. The molecule has 0 amide bonds. The molecule has 0 bridgehead atoms. The van der Waals surface area contributed by atoms with Gasteiger partial charge in [0.1, 0.15) is 0 Å². The third kappa shape index (κ3) is 9.74. The predicted octanol–water partition coefficient (Wildman–Crippen LogP) is 3.84. The first-order valence-corrected chi connectivity index (χ1v) is 8.50. The Hall–Kier alpha value is -1.13. The van der Waals surface area contributed by atoms with Crippen LogP contribution in [0.2, 0.25) is 0 Å². The Labute approximate surface area is 133 Å². The van der Waals surface area contributed by atoms with Crippen molar-refractivity contribution >= 4 is 5.97 Å². The number of hydrogen-bond acceptors (Lipinski definition) is 3. The van der Waals surface area contributed by atoms with Gasteiger partial charge in [-0.2, -0.15) is 0 Å². The minimum absolute atomic E-state index is 0.206. The molecule has 1 aliphatic heterocycles. The van der Waals surface area contributed by atoms with Crippen LogP contribution in [0.1, 0.15) is 64.7 Å². The van der Waals surface area contributed by atoms with Gasteiger partial charge in [-0.15, -0.1) is 0 Å². The van der Waals surface area contributed by atoms with E-state index in [1.165, 1.54) is 0 Å². The highest BCUT2D eigenvalue weighted by atomic mass is 16.6. The molecule has 4 heteroatoms. The summed E-state index contributed by atoms with van der Waals surface area (Å²) in [5, 5.41) is 18.4. The van der Waals surface area contributed by atoms with Crippen LogP contribution >= 0.6 is 0 Å². The zero-order valence-corrected chi connectivity index (χ0v) is 13.6. The Kier molecular flexibility index (Phi) is 9.84. The summed E-state index contributed by atoms with van der Waals surface area (Å²) >= 11 is 0. The maximum atomic E-state index is 10.3. The van der Waals surface area contributed by atoms with Crippen LogP contribution in [-0.2, 0) is 9.53 Å². The lowest BCUT2D eigenvalue weighted by Gasteiger charge is -2.02. The van der Waals surface area contributed by atoms with Gasteiger partial charge in [0.15, 0.2) is 0 Å². The first kappa shape index (κ1) is 18.9. The summed E-state index contributed by atoms with van der Waals surface area (Å²) in [6.07, 6.45) is 16.0. The Morgan fingerprint density at radius 3 is 2.64 bits per heavy atom. The lowest BCUT2D eigenvalue weighted by Crippen LogP contribution is -2.07. The van der Waals surface area contributed by atoms with E-state index in [9.17, 15) is 9.90 Å². The molecule has 0 aliphatic carbocycles. The zero-order chi connectivity index (χ0) is 16.2. The Bertz CT molecular complexity index is 362. The molecule has 0 spiro atoms. The van der Waals surface area contributed by atoms with Crippen molar-refractivity contribution in [3.05, 3.63) is 24.3 Å². The molecule has 1 fully saturated rings. The Morgan fingerprint density at radius 2 is 1.91 bits per heavy atom. The van der Waals surface area contributed by atoms with Gasteiger partial charge in [-0.1, -0.05) is 44.1 Å². The number of epoxide rings is 1. The molecule has 4 nitrogen and oxygen atoms in total. The summed E-state index contributed by atoms with van der Waals surface area (Å²) in [7, 11) is 0. The average molecular weight is 310 g/mol. The number of carbonyl (C=O) groups is 1. The van der Waals surface area contributed by atoms with Crippen LogP contribution in [0.25, 0.3) is 0 Å². The van der Waals surface area contributed by atoms with E-state index in [1.807, 2.05) is 12.2 Å². The number of aliphatic hydroxyl groups excluding tert-OH is 1. The fraction of sp³-hybridized carbons (Fsp3) is 0.722. The molecule has 2 N–H and O–H groups in total. The van der Waals surface area contributed by atoms with Crippen LogP contribution in [0, 0.1) is 0 Å². The number of aliphatic carboxylic acids is 1. The molecule has 2 unspecified atom stereocenters. The zero-order valence-electron chi connectivity index (χ0n) is 13.6. The highest BCUT2D eigenvalue weighted by Gasteiger charge is 2.38. The van der Waals surface area contributed by atoms with Crippen molar-refractivity contribution in [1.82, 2.24) is 0 Å². The van der Waals surface area contributed by atoms with E-state index in [0.29, 0.717) is 12.5 Å². The van der Waals surface area contributed by atoms with Crippen molar-refractivity contribution in [2.45, 2.75) is 83.0 Å². The van der Waals surface area contributed by atoms with Gasteiger partial charge >= 0.3 is 5.97 Å². The van der Waals surface area contributed by atoms with E-state index in [-0.39, 0.29) is 12.5 Å². The van der Waals surface area contributed by atoms with Gasteiger partial charge < -0.3 is 14.9 Å². The number of unbranched alkanes of at least 4 members (excludes halogenated alkanes) is 4. The van der Waals surface area contributed by atoms with Crippen LogP contribution in [0.5, 0.6) is 0 Å². The third-order valence-corrected chi connectivity index (χ3v) is 3.80. The van der Waals surface area contributed by atoms with E-state index >= 15 is 0 Å². The largest absolute Gasteiger partial charge is 0.481 e. The van der Waals surface area contributed by atoms with Crippen LogP contribution in [0.4, 0.5) is 0 Å². The molecule has 22 heavy (non-hydrogen) atoms. The first-order chi connectivity index (χ1) is 10.6. The van der Waals surface area contributed by atoms with Gasteiger partial charge in [-0.25, -0.2) is 0 Å². The summed E-state index contributed by atoms with van der Waals surface area (Å²) in [4.78, 5) is 10.3. The van der Waals surface area contributed by atoms with E-state index < -0.39 is 12.1 Å². The molecule has 0 radical (unpaired) electrons. The minimum atomic E-state index is -0.714. The quantitative estimate of drug-likeness (QED) is 0.308. The van der Waals surface area contributed by atoms with Gasteiger partial charge in [0.25, 0.3) is 0 Å². The van der Waals surface area contributed by atoms with Crippen molar-refractivity contribution in [3.8, 4) is 0 Å². The van der Waals surface area contributed by atoms with Gasteiger partial charge in [0, 0.05) is 12.8 Å². The summed E-state index contributed by atoms with van der Waals surface area (Å²) in [6.45, 7) is 2.11. The summed E-state index contributed by atoms with van der Waals surface area (Å²) < 4.78 is 5.53. The standard InChI is InChI=1S/C18H30O4/c1-2-3-8-12-16-17(22-16)14-15(19)11-9-6-4-5-7-10-13-18(20)21/h3,8-9,11,15-17,19H,2,4-7,10,12-14H2,1H3,(H,20,21)/b8-3-,11-9+/t15-,16?,17?/m0/s1. The van der Waals surface area contributed by atoms with Crippen molar-refractivity contribution < 1.29 is 19.7 Å². The highest BCUT2D eigenvalue weighted by Crippen LogP contribution is 2.30. The highest BCUT2D eigenvalue weighted by molar-refractivity contribution is 5.66. The second-order valence-electron chi connectivity index (χ2n) is 5.91. The minimum Gasteiger partial charge on any atom is -0.481 e. The third-order valence-electron chi connectivity index (χ3n) is 3.80. The molecule has 0 saturated carbocycles. The Morgan fingerprint density at radius 1 is 1.14 bits per heavy atom. The monoisotopic (exact) mass is 310 g/mol. The number of aliphatic hydroxyl groups is 1. The smallest absolute Gasteiger partial charge is 0.303 e. The van der Waals surface area contributed by atoms with Gasteiger partial charge in [0.2, 0.25) is 0 Å². The molecule has 1 aliphatic rings. The number of carboxylic acid groups (broad SMARTS) is 1. The van der Waals surface area contributed by atoms with Gasteiger partial charge in [-0.05, 0) is 32.1 Å². The molecule has 0 aromatic rings. The molecule has 3 atom stereocenters. The number of rotatable bonds is 13. The summed E-state index contributed by atoms with van der Waals surface area (Å²) in [5.41, 5.74) is 0. The van der Waals surface area contributed by atoms with E-state index in [0.717, 1.165) is 44.9 Å². The SMILES string of the molecule is CC/C=C\CC1OC1C[C@@H](O)/C=C/CCCCCCC(=O)O. The van der Waals surface area contributed by atoms with Crippen molar-refractivity contribution in [1.29, 1.82) is 0 Å². The molecule has 0 aromatic carbocycles. The molecular formula is C18H30O4. The lowest BCUT2D eigenvalue weighted by atomic mass is 10.1. The predicted molar refractivity (Wildman–Crippen MR) is 87.8 cm³/mol. The fourth-order valence-electron chi connectivity index (χ4n) is 2.45. The topological polar surface area (TPSA) is 70.1 Å². The van der Waals surface area contributed by atoms with Gasteiger partial charge in [0.05, 0.1) is 18.3 Å². The summed E-state index contributed by atoms with van der Waals surface area (Å²) in [5.74, 6) is -0.714. The van der Waals surface area contributed by atoms with E-state index in [2.05, 4.69) is 19.1 Å². The van der Waals surface area contributed by atoms with Crippen molar-refractivity contribution in [2.75, 3.05) is 0 Å². The second-order valence-corrected chi connectivity index (χ2v) is 5.91. The number of allylic oxidation sites excluding steroid dienone is 2. The maximum Gasteiger partial charge on any atom is 0.303 e. The van der Waals surface area contributed by atoms with E-state index in [4.69, 9.17) is 9.84 Å². The molecule has 0 aromatic heterocycles. The molecule has 126 valence electrons. The van der Waals surface area contributed by atoms with Crippen molar-refractivity contribution in [3.63, 3.8) is 0 Å². The van der Waals surface area contributed by atoms with Gasteiger partial charge in [-0.3, -0.25) is 4.79 Å². The Balaban J connectivity index is 1.95. The molecule has 1 heterocycles. The fourth-order valence-corrected chi connectivity index (χ4v) is 2.45. The molecule has 1 rings (SSSR count). The maximum absolute atomic E-state index is 10.3. The lowest BCUT2D eigenvalue weighted by molar-refractivity contribution is -0.137.